The van der Waals surface area contributed by atoms with Crippen LogP contribution in [0.15, 0.2) is 53.4 Å². The molecule has 2 rings (SSSR count). The molecule has 0 spiro atoms. The number of carbonyl (C=O) groups excluding carboxylic acids is 1. The molecule has 120 valence electrons. The summed E-state index contributed by atoms with van der Waals surface area (Å²) in [5, 5.41) is 8.96. The average Bonchev–Trinajstić information content (AvgIpc) is 2.52. The molecule has 0 saturated carbocycles. The monoisotopic (exact) mass is 336 g/mol. The van der Waals surface area contributed by atoms with Crippen LogP contribution in [0.4, 0.5) is 0 Å². The smallest absolute Gasteiger partial charge is 0.338 e. The van der Waals surface area contributed by atoms with E-state index in [1.165, 1.54) is 0 Å². The van der Waals surface area contributed by atoms with Crippen LogP contribution in [-0.4, -0.2) is 30.0 Å². The lowest BCUT2D eigenvalue weighted by molar-refractivity contribution is 0.0472. The van der Waals surface area contributed by atoms with E-state index in [0.717, 1.165) is 18.2 Å². The molecule has 0 atom stereocenters. The lowest BCUT2D eigenvalue weighted by atomic mass is 10.1. The van der Waals surface area contributed by atoms with Crippen molar-refractivity contribution in [3.63, 3.8) is 0 Å². The number of rotatable bonds is 5. The van der Waals surface area contributed by atoms with Crippen molar-refractivity contribution in [3.8, 4) is 0 Å². The lowest BCUT2D eigenvalue weighted by Gasteiger charge is -2.07. The van der Waals surface area contributed by atoms with Crippen LogP contribution in [-0.2, 0) is 21.5 Å². The molecule has 2 N–H and O–H groups in total. The quantitative estimate of drug-likeness (QED) is 0.633. The lowest BCUT2D eigenvalue weighted by Crippen LogP contribution is -2.10. The molecule has 0 unspecified atom stereocenters. The molecule has 0 aliphatic rings. The molecule has 0 bridgehead atoms. The summed E-state index contributed by atoms with van der Waals surface area (Å²) in [5.74, 6) is -2.34. The number of esters is 1. The highest BCUT2D eigenvalue weighted by atomic mass is 32.2. The molecule has 8 heteroatoms. The van der Waals surface area contributed by atoms with E-state index in [2.05, 4.69) is 0 Å². The molecule has 2 aromatic carbocycles. The number of carbonyl (C=O) groups is 2. The van der Waals surface area contributed by atoms with Crippen molar-refractivity contribution in [1.82, 2.24) is 0 Å². The van der Waals surface area contributed by atoms with Gasteiger partial charge in [0.05, 0.1) is 16.0 Å². The van der Waals surface area contributed by atoms with Crippen molar-refractivity contribution in [1.29, 1.82) is 0 Å². The molecular weight excluding hydrogens is 324 g/mol. The van der Waals surface area contributed by atoms with Gasteiger partial charge in [-0.1, -0.05) is 30.3 Å². The van der Waals surface area contributed by atoms with Crippen LogP contribution in [0, 0.1) is 0 Å². The first-order valence-corrected chi connectivity index (χ1v) is 7.78. The van der Waals surface area contributed by atoms with Gasteiger partial charge in [0.1, 0.15) is 6.61 Å². The van der Waals surface area contributed by atoms with Gasteiger partial charge in [0.25, 0.3) is 10.1 Å². The second-order valence-electron chi connectivity index (χ2n) is 4.59. The Kier molecular flexibility index (Phi) is 4.77. The fourth-order valence-electron chi connectivity index (χ4n) is 1.80. The fraction of sp³-hybridized carbons (Fsp3) is 0.0667. The van der Waals surface area contributed by atoms with Gasteiger partial charge < -0.3 is 9.84 Å². The van der Waals surface area contributed by atoms with Gasteiger partial charge in [-0.3, -0.25) is 4.55 Å². The summed E-state index contributed by atoms with van der Waals surface area (Å²) in [7, 11) is -4.65. The number of benzene rings is 2. The Labute approximate surface area is 131 Å². The zero-order valence-electron chi connectivity index (χ0n) is 11.7. The van der Waals surface area contributed by atoms with E-state index in [-0.39, 0.29) is 12.2 Å². The van der Waals surface area contributed by atoms with E-state index in [4.69, 9.17) is 14.4 Å². The predicted octanol–water partition coefficient (Wildman–Crippen LogP) is 1.99. The van der Waals surface area contributed by atoms with E-state index in [0.29, 0.717) is 5.56 Å². The number of carboxylic acids is 1. The third-order valence-electron chi connectivity index (χ3n) is 2.90. The van der Waals surface area contributed by atoms with E-state index in [1.807, 2.05) is 0 Å². The van der Waals surface area contributed by atoms with Gasteiger partial charge in [0, 0.05) is 0 Å². The van der Waals surface area contributed by atoms with Gasteiger partial charge in [-0.05, 0) is 23.8 Å². The highest BCUT2D eigenvalue weighted by molar-refractivity contribution is 7.85. The van der Waals surface area contributed by atoms with Crippen molar-refractivity contribution >= 4 is 22.1 Å². The van der Waals surface area contributed by atoms with Gasteiger partial charge in [0.2, 0.25) is 0 Å². The number of hydrogen-bond acceptors (Lipinski definition) is 5. The molecular formula is C15H12O7S. The van der Waals surface area contributed by atoms with Crippen LogP contribution in [0.2, 0.25) is 0 Å². The SMILES string of the molecule is O=C(O)c1cc(C(=O)OCc2ccccc2)cc(S(=O)(=O)O)c1. The predicted molar refractivity (Wildman–Crippen MR) is 78.8 cm³/mol. The minimum atomic E-state index is -4.65. The fourth-order valence-corrected chi connectivity index (χ4v) is 2.35. The average molecular weight is 336 g/mol. The zero-order chi connectivity index (χ0) is 17.0. The highest BCUT2D eigenvalue weighted by Gasteiger charge is 2.19. The summed E-state index contributed by atoms with van der Waals surface area (Å²) in [6, 6.07) is 11.3. The maximum atomic E-state index is 12.0. The summed E-state index contributed by atoms with van der Waals surface area (Å²) >= 11 is 0. The molecule has 0 aromatic heterocycles. The van der Waals surface area contributed by atoms with Crippen LogP contribution in [0.3, 0.4) is 0 Å². The summed E-state index contributed by atoms with van der Waals surface area (Å²) in [5.41, 5.74) is -0.0227. The molecule has 0 amide bonds. The maximum absolute atomic E-state index is 12.0. The normalized spacial score (nSPS) is 11.0. The van der Waals surface area contributed by atoms with Crippen LogP contribution in [0.1, 0.15) is 26.3 Å². The molecule has 0 heterocycles. The second-order valence-corrected chi connectivity index (χ2v) is 6.01. The number of hydrogen-bond donors (Lipinski definition) is 2. The van der Waals surface area contributed by atoms with Crippen LogP contribution >= 0.6 is 0 Å². The summed E-state index contributed by atoms with van der Waals surface area (Å²) in [6.07, 6.45) is 0. The Morgan fingerprint density at radius 2 is 1.61 bits per heavy atom. The van der Waals surface area contributed by atoms with Crippen LogP contribution < -0.4 is 0 Å². The van der Waals surface area contributed by atoms with Crippen molar-refractivity contribution in [2.24, 2.45) is 0 Å². The van der Waals surface area contributed by atoms with E-state index >= 15 is 0 Å². The van der Waals surface area contributed by atoms with Gasteiger partial charge in [-0.25, -0.2) is 9.59 Å². The molecule has 0 radical (unpaired) electrons. The Hall–Kier alpha value is -2.71. The first kappa shape index (κ1) is 16.7. The van der Waals surface area contributed by atoms with Crippen molar-refractivity contribution in [3.05, 3.63) is 65.2 Å². The van der Waals surface area contributed by atoms with E-state index in [9.17, 15) is 18.0 Å². The topological polar surface area (TPSA) is 118 Å². The first-order valence-electron chi connectivity index (χ1n) is 6.34. The first-order chi connectivity index (χ1) is 10.8. The molecule has 2 aromatic rings. The zero-order valence-corrected chi connectivity index (χ0v) is 12.5. The van der Waals surface area contributed by atoms with E-state index < -0.39 is 32.5 Å². The third kappa shape index (κ3) is 4.38. The standard InChI is InChI=1S/C15H12O7S/c16-14(17)11-6-12(8-13(7-11)23(19,20)21)15(18)22-9-10-4-2-1-3-5-10/h1-8H,9H2,(H,16,17)(H,19,20,21). The summed E-state index contributed by atoms with van der Waals surface area (Å²) < 4.78 is 36.4. The number of aromatic carboxylic acids is 1. The van der Waals surface area contributed by atoms with Gasteiger partial charge in [0.15, 0.2) is 0 Å². The molecule has 0 saturated heterocycles. The van der Waals surface area contributed by atoms with Gasteiger partial charge in [-0.15, -0.1) is 0 Å². The Bertz CT molecular complexity index is 841. The highest BCUT2D eigenvalue weighted by Crippen LogP contribution is 2.17. The van der Waals surface area contributed by atoms with Crippen molar-refractivity contribution < 1.29 is 32.4 Å². The number of carboxylic acid groups (broad SMARTS) is 1. The summed E-state index contributed by atoms with van der Waals surface area (Å²) in [6.45, 7) is -0.0574. The molecule has 23 heavy (non-hydrogen) atoms. The maximum Gasteiger partial charge on any atom is 0.338 e. The molecule has 0 aliphatic carbocycles. The van der Waals surface area contributed by atoms with Crippen molar-refractivity contribution in [2.75, 3.05) is 0 Å². The minimum absolute atomic E-state index is 0.0574. The van der Waals surface area contributed by atoms with Gasteiger partial charge >= 0.3 is 11.9 Å². The largest absolute Gasteiger partial charge is 0.478 e. The Morgan fingerprint density at radius 3 is 2.17 bits per heavy atom. The Morgan fingerprint density at radius 1 is 1.00 bits per heavy atom. The molecule has 0 aliphatic heterocycles. The molecule has 7 nitrogen and oxygen atoms in total. The van der Waals surface area contributed by atoms with Crippen LogP contribution in [0.5, 0.6) is 0 Å². The second kappa shape index (κ2) is 6.59. The third-order valence-corrected chi connectivity index (χ3v) is 3.73. The van der Waals surface area contributed by atoms with Crippen molar-refractivity contribution in [2.45, 2.75) is 11.5 Å². The van der Waals surface area contributed by atoms with Crippen LogP contribution in [0.25, 0.3) is 0 Å². The molecule has 0 fully saturated rings. The van der Waals surface area contributed by atoms with E-state index in [1.54, 1.807) is 30.3 Å². The van der Waals surface area contributed by atoms with Gasteiger partial charge in [-0.2, -0.15) is 8.42 Å². The number of ether oxygens (including phenoxy) is 1. The minimum Gasteiger partial charge on any atom is -0.478 e. The summed E-state index contributed by atoms with van der Waals surface area (Å²) in [4.78, 5) is 22.3. The Balaban J connectivity index is 2.29.